The Morgan fingerprint density at radius 2 is 1.77 bits per heavy atom. The molecule has 1 aliphatic heterocycles. The summed E-state index contributed by atoms with van der Waals surface area (Å²) >= 11 is 0. The first-order chi connectivity index (χ1) is 14.3. The summed E-state index contributed by atoms with van der Waals surface area (Å²) in [5.41, 5.74) is 2.18. The predicted molar refractivity (Wildman–Crippen MR) is 121 cm³/mol. The fourth-order valence-corrected chi connectivity index (χ4v) is 4.81. The Morgan fingerprint density at radius 1 is 1.10 bits per heavy atom. The molecule has 162 valence electrons. The molecule has 0 aliphatic carbocycles. The van der Waals surface area contributed by atoms with E-state index < -0.39 is 14.6 Å². The van der Waals surface area contributed by atoms with Crippen LogP contribution in [0.3, 0.4) is 0 Å². The minimum atomic E-state index is -3.09. The molecular weight excluding hydrogens is 398 g/mol. The Morgan fingerprint density at radius 3 is 2.43 bits per heavy atom. The summed E-state index contributed by atoms with van der Waals surface area (Å²) in [6.07, 6.45) is 0. The SMILES string of the molecule is CCNC(=NCc1ccccc1COc1ccccc1)N1CCS(=O)(=O)C(C)(C)C1. The van der Waals surface area contributed by atoms with Crippen LogP contribution in [0.5, 0.6) is 5.75 Å². The summed E-state index contributed by atoms with van der Waals surface area (Å²) in [5, 5.41) is 3.31. The Hall–Kier alpha value is -2.54. The van der Waals surface area contributed by atoms with Gasteiger partial charge in [0.25, 0.3) is 0 Å². The largest absolute Gasteiger partial charge is 0.489 e. The first-order valence-electron chi connectivity index (χ1n) is 10.3. The van der Waals surface area contributed by atoms with Crippen molar-refractivity contribution in [3.05, 3.63) is 65.7 Å². The van der Waals surface area contributed by atoms with Crippen LogP contribution in [0.1, 0.15) is 31.9 Å². The second kappa shape index (κ2) is 9.51. The van der Waals surface area contributed by atoms with E-state index in [2.05, 4.69) is 17.4 Å². The summed E-state index contributed by atoms with van der Waals surface area (Å²) in [7, 11) is -3.09. The number of aliphatic imine (C=N–C) groups is 1. The fourth-order valence-electron chi connectivity index (χ4n) is 3.44. The molecular formula is C23H31N3O3S. The molecule has 6 nitrogen and oxygen atoms in total. The van der Waals surface area contributed by atoms with Crippen molar-refractivity contribution in [3.8, 4) is 5.75 Å². The van der Waals surface area contributed by atoms with Crippen LogP contribution < -0.4 is 10.1 Å². The van der Waals surface area contributed by atoms with Crippen LogP contribution >= 0.6 is 0 Å². The molecule has 1 aliphatic rings. The molecule has 0 amide bonds. The molecule has 0 spiro atoms. The molecule has 0 aromatic heterocycles. The van der Waals surface area contributed by atoms with Crippen LogP contribution in [-0.4, -0.2) is 49.4 Å². The lowest BCUT2D eigenvalue weighted by molar-refractivity contribution is 0.305. The quantitative estimate of drug-likeness (QED) is 0.564. The van der Waals surface area contributed by atoms with Gasteiger partial charge in [-0.3, -0.25) is 0 Å². The topological polar surface area (TPSA) is 71.0 Å². The van der Waals surface area contributed by atoms with E-state index in [1.54, 1.807) is 13.8 Å². The molecule has 0 unspecified atom stereocenters. The van der Waals surface area contributed by atoms with Crippen molar-refractivity contribution in [2.45, 2.75) is 38.7 Å². The second-order valence-electron chi connectivity index (χ2n) is 8.04. The standard InChI is InChI=1S/C23H31N3O3S/c1-4-24-22(26-14-15-30(27,28)23(2,3)18-26)25-16-19-10-8-9-11-20(19)17-29-21-12-6-5-7-13-21/h5-13H,4,14-18H2,1-3H3,(H,24,25). The molecule has 7 heteroatoms. The number of hydrogen-bond donors (Lipinski definition) is 1. The first kappa shape index (κ1) is 22.2. The van der Waals surface area contributed by atoms with Gasteiger partial charge in [-0.2, -0.15) is 0 Å². The van der Waals surface area contributed by atoms with Crippen molar-refractivity contribution in [2.24, 2.45) is 4.99 Å². The third-order valence-electron chi connectivity index (χ3n) is 5.33. The maximum atomic E-state index is 12.3. The molecule has 1 heterocycles. The van der Waals surface area contributed by atoms with E-state index >= 15 is 0 Å². The van der Waals surface area contributed by atoms with Gasteiger partial charge in [-0.05, 0) is 44.0 Å². The normalized spacial score (nSPS) is 18.1. The Balaban J connectivity index is 1.74. The number of guanidine groups is 1. The molecule has 0 radical (unpaired) electrons. The minimum Gasteiger partial charge on any atom is -0.489 e. The van der Waals surface area contributed by atoms with Crippen molar-refractivity contribution in [1.82, 2.24) is 10.2 Å². The lowest BCUT2D eigenvalue weighted by Crippen LogP contribution is -2.57. The average molecular weight is 430 g/mol. The number of ether oxygens (including phenoxy) is 1. The van der Waals surface area contributed by atoms with Crippen molar-refractivity contribution >= 4 is 15.8 Å². The zero-order valence-electron chi connectivity index (χ0n) is 18.0. The van der Waals surface area contributed by atoms with Crippen LogP contribution in [0.4, 0.5) is 0 Å². The van der Waals surface area contributed by atoms with Crippen molar-refractivity contribution < 1.29 is 13.2 Å². The summed E-state index contributed by atoms with van der Waals surface area (Å²) < 4.78 is 29.8. The molecule has 0 atom stereocenters. The molecule has 1 saturated heterocycles. The van der Waals surface area contributed by atoms with Crippen LogP contribution in [0.25, 0.3) is 0 Å². The smallest absolute Gasteiger partial charge is 0.194 e. The second-order valence-corrected chi connectivity index (χ2v) is 10.8. The van der Waals surface area contributed by atoms with Gasteiger partial charge in [0.15, 0.2) is 15.8 Å². The Bertz CT molecular complexity index is 972. The van der Waals surface area contributed by atoms with E-state index in [0.29, 0.717) is 26.2 Å². The van der Waals surface area contributed by atoms with Crippen molar-refractivity contribution in [1.29, 1.82) is 0 Å². The number of benzene rings is 2. The van der Waals surface area contributed by atoms with E-state index in [9.17, 15) is 8.42 Å². The van der Waals surface area contributed by atoms with Crippen LogP contribution in [0, 0.1) is 0 Å². The minimum absolute atomic E-state index is 0.145. The lowest BCUT2D eigenvalue weighted by atomic mass is 10.1. The molecule has 30 heavy (non-hydrogen) atoms. The summed E-state index contributed by atoms with van der Waals surface area (Å²) in [6.45, 7) is 8.17. The van der Waals surface area contributed by atoms with E-state index in [0.717, 1.165) is 29.4 Å². The van der Waals surface area contributed by atoms with Gasteiger partial charge in [0.05, 0.1) is 17.0 Å². The van der Waals surface area contributed by atoms with Gasteiger partial charge in [0.2, 0.25) is 0 Å². The van der Waals surface area contributed by atoms with Gasteiger partial charge < -0.3 is 15.0 Å². The van der Waals surface area contributed by atoms with E-state index in [1.165, 1.54) is 0 Å². The van der Waals surface area contributed by atoms with Gasteiger partial charge in [0, 0.05) is 19.6 Å². The third-order valence-corrected chi connectivity index (χ3v) is 7.87. The van der Waals surface area contributed by atoms with Gasteiger partial charge >= 0.3 is 0 Å². The molecule has 1 fully saturated rings. The van der Waals surface area contributed by atoms with Gasteiger partial charge in [-0.1, -0.05) is 42.5 Å². The predicted octanol–water partition coefficient (Wildman–Crippen LogP) is 3.24. The number of rotatable bonds is 6. The highest BCUT2D eigenvalue weighted by Gasteiger charge is 2.40. The van der Waals surface area contributed by atoms with Crippen molar-refractivity contribution in [3.63, 3.8) is 0 Å². The number of nitrogens with zero attached hydrogens (tertiary/aromatic N) is 2. The first-order valence-corrected chi connectivity index (χ1v) is 12.0. The van der Waals surface area contributed by atoms with E-state index in [4.69, 9.17) is 9.73 Å². The average Bonchev–Trinajstić information content (AvgIpc) is 2.73. The number of nitrogens with one attached hydrogen (secondary N) is 1. The van der Waals surface area contributed by atoms with Crippen LogP contribution in [0.2, 0.25) is 0 Å². The number of para-hydroxylation sites is 1. The maximum Gasteiger partial charge on any atom is 0.194 e. The van der Waals surface area contributed by atoms with Crippen LogP contribution in [0.15, 0.2) is 59.6 Å². The lowest BCUT2D eigenvalue weighted by Gasteiger charge is -2.39. The molecule has 2 aromatic carbocycles. The zero-order valence-corrected chi connectivity index (χ0v) is 18.8. The molecule has 0 saturated carbocycles. The van der Waals surface area contributed by atoms with Gasteiger partial charge in [-0.15, -0.1) is 0 Å². The van der Waals surface area contributed by atoms with E-state index in [1.807, 2.05) is 54.3 Å². The highest BCUT2D eigenvalue weighted by Crippen LogP contribution is 2.24. The molecule has 0 bridgehead atoms. The van der Waals surface area contributed by atoms with Crippen molar-refractivity contribution in [2.75, 3.05) is 25.4 Å². The molecule has 3 rings (SSSR count). The fraction of sp³-hybridized carbons (Fsp3) is 0.435. The molecule has 1 N–H and O–H groups in total. The maximum absolute atomic E-state index is 12.3. The van der Waals surface area contributed by atoms with Gasteiger partial charge in [-0.25, -0.2) is 13.4 Å². The number of sulfone groups is 1. The number of hydrogen-bond acceptors (Lipinski definition) is 4. The van der Waals surface area contributed by atoms with Crippen LogP contribution in [-0.2, 0) is 23.0 Å². The highest BCUT2D eigenvalue weighted by molar-refractivity contribution is 7.92. The highest BCUT2D eigenvalue weighted by atomic mass is 32.2. The summed E-state index contributed by atoms with van der Waals surface area (Å²) in [5.74, 6) is 1.73. The molecule has 2 aromatic rings. The van der Waals surface area contributed by atoms with E-state index in [-0.39, 0.29) is 5.75 Å². The summed E-state index contributed by atoms with van der Waals surface area (Å²) in [6, 6.07) is 17.9. The third kappa shape index (κ3) is 5.33. The Labute approximate surface area is 179 Å². The monoisotopic (exact) mass is 429 g/mol. The Kier molecular flexibility index (Phi) is 7.02. The summed E-state index contributed by atoms with van der Waals surface area (Å²) in [4.78, 5) is 6.87. The van der Waals surface area contributed by atoms with Gasteiger partial charge in [0.1, 0.15) is 12.4 Å². The zero-order chi connectivity index (χ0) is 21.6.